The predicted octanol–water partition coefficient (Wildman–Crippen LogP) is 6.80. The average molecular weight is 354 g/mol. The van der Waals surface area contributed by atoms with Gasteiger partial charge in [-0.05, 0) is 48.4 Å². The van der Waals surface area contributed by atoms with Gasteiger partial charge in [-0.2, -0.15) is 0 Å². The monoisotopic (exact) mass is 354 g/mol. The molecule has 0 aliphatic carbocycles. The Morgan fingerprint density at radius 3 is 1.92 bits per heavy atom. The van der Waals surface area contributed by atoms with Crippen molar-refractivity contribution in [2.24, 2.45) is 0 Å². The first-order valence-electron chi connectivity index (χ1n) is 9.51. The van der Waals surface area contributed by atoms with Gasteiger partial charge in [-0.1, -0.05) is 34.6 Å². The van der Waals surface area contributed by atoms with Crippen molar-refractivity contribution < 1.29 is 13.9 Å². The van der Waals surface area contributed by atoms with Crippen molar-refractivity contribution >= 4 is 21.9 Å². The summed E-state index contributed by atoms with van der Waals surface area (Å²) >= 11 is 0. The first-order valence-corrected chi connectivity index (χ1v) is 9.51. The van der Waals surface area contributed by atoms with E-state index in [-0.39, 0.29) is 5.41 Å². The normalized spacial score (nSPS) is 12.3. The molecule has 0 atom stereocenters. The molecule has 3 aromatic rings. The minimum Gasteiger partial charge on any atom is -0.496 e. The van der Waals surface area contributed by atoms with Gasteiger partial charge in [0.2, 0.25) is 0 Å². The Hall–Kier alpha value is -2.16. The third kappa shape index (κ3) is 2.84. The van der Waals surface area contributed by atoms with E-state index in [9.17, 15) is 0 Å². The second-order valence-corrected chi connectivity index (χ2v) is 7.66. The van der Waals surface area contributed by atoms with Crippen LogP contribution in [0.3, 0.4) is 0 Å². The summed E-state index contributed by atoms with van der Waals surface area (Å²) in [4.78, 5) is 0. The van der Waals surface area contributed by atoms with Gasteiger partial charge in [0, 0.05) is 21.9 Å². The lowest BCUT2D eigenvalue weighted by Crippen LogP contribution is -2.20. The van der Waals surface area contributed by atoms with E-state index in [0.29, 0.717) is 5.92 Å². The number of methoxy groups -OCH3 is 2. The molecule has 0 radical (unpaired) electrons. The van der Waals surface area contributed by atoms with E-state index in [2.05, 4.69) is 58.9 Å². The molecule has 3 rings (SSSR count). The fraction of sp³-hybridized carbons (Fsp3) is 0.478. The fourth-order valence-electron chi connectivity index (χ4n) is 3.74. The smallest absolute Gasteiger partial charge is 0.135 e. The van der Waals surface area contributed by atoms with Crippen LogP contribution in [-0.2, 0) is 5.41 Å². The number of fused-ring (bicyclic) bond motifs is 3. The number of rotatable bonds is 6. The summed E-state index contributed by atoms with van der Waals surface area (Å²) in [6, 6.07) is 8.50. The molecule has 0 N–H and O–H groups in total. The Labute approximate surface area is 156 Å². The standard InChI is InChI=1S/C23H30O3/c1-8-23(5,9-2)18-13-21-17(12-22(18)25-7)16-11-19(24-6)15(14(3)4)10-20(16)26-21/h10-14H,8-9H2,1-7H3. The minimum atomic E-state index is 0.0687. The molecule has 0 fully saturated rings. The van der Waals surface area contributed by atoms with Crippen molar-refractivity contribution in [3.8, 4) is 11.5 Å². The summed E-state index contributed by atoms with van der Waals surface area (Å²) in [5.74, 6) is 2.21. The molecule has 0 spiro atoms. The zero-order valence-corrected chi connectivity index (χ0v) is 17.0. The van der Waals surface area contributed by atoms with Gasteiger partial charge >= 0.3 is 0 Å². The quantitative estimate of drug-likeness (QED) is 0.487. The van der Waals surface area contributed by atoms with Crippen LogP contribution >= 0.6 is 0 Å². The molecule has 26 heavy (non-hydrogen) atoms. The average Bonchev–Trinajstić information content (AvgIpc) is 3.01. The number of furan rings is 1. The summed E-state index contributed by atoms with van der Waals surface area (Å²) in [5.41, 5.74) is 4.26. The highest BCUT2D eigenvalue weighted by Gasteiger charge is 2.28. The van der Waals surface area contributed by atoms with E-state index in [1.807, 2.05) is 0 Å². The Morgan fingerprint density at radius 2 is 1.42 bits per heavy atom. The van der Waals surface area contributed by atoms with E-state index in [1.54, 1.807) is 14.2 Å². The molecular weight excluding hydrogens is 324 g/mol. The summed E-state index contributed by atoms with van der Waals surface area (Å²) in [7, 11) is 3.47. The van der Waals surface area contributed by atoms with E-state index < -0.39 is 0 Å². The van der Waals surface area contributed by atoms with Crippen LogP contribution in [0.1, 0.15) is 64.5 Å². The van der Waals surface area contributed by atoms with Gasteiger partial charge < -0.3 is 13.9 Å². The van der Waals surface area contributed by atoms with E-state index in [0.717, 1.165) is 51.8 Å². The zero-order chi connectivity index (χ0) is 19.1. The fourth-order valence-corrected chi connectivity index (χ4v) is 3.74. The molecule has 0 saturated heterocycles. The van der Waals surface area contributed by atoms with Gasteiger partial charge in [-0.25, -0.2) is 0 Å². The number of benzene rings is 2. The topological polar surface area (TPSA) is 31.6 Å². The lowest BCUT2D eigenvalue weighted by Gasteiger charge is -2.29. The maximum absolute atomic E-state index is 6.26. The van der Waals surface area contributed by atoms with Crippen molar-refractivity contribution in [2.45, 2.75) is 58.8 Å². The molecule has 1 aromatic heterocycles. The van der Waals surface area contributed by atoms with Crippen molar-refractivity contribution in [1.82, 2.24) is 0 Å². The molecule has 2 aromatic carbocycles. The van der Waals surface area contributed by atoms with Crippen LogP contribution in [0.25, 0.3) is 21.9 Å². The Bertz CT molecular complexity index is 930. The first-order chi connectivity index (χ1) is 12.4. The van der Waals surface area contributed by atoms with Gasteiger partial charge in [0.05, 0.1) is 14.2 Å². The molecule has 3 nitrogen and oxygen atoms in total. The number of ether oxygens (including phenoxy) is 2. The highest BCUT2D eigenvalue weighted by atomic mass is 16.5. The van der Waals surface area contributed by atoms with E-state index >= 15 is 0 Å². The molecule has 0 saturated carbocycles. The van der Waals surface area contributed by atoms with Gasteiger partial charge in [-0.3, -0.25) is 0 Å². The van der Waals surface area contributed by atoms with Crippen LogP contribution in [-0.4, -0.2) is 14.2 Å². The molecule has 0 unspecified atom stereocenters. The Morgan fingerprint density at radius 1 is 0.885 bits per heavy atom. The van der Waals surface area contributed by atoms with Crippen LogP contribution in [0.15, 0.2) is 28.7 Å². The van der Waals surface area contributed by atoms with Crippen molar-refractivity contribution in [1.29, 1.82) is 0 Å². The Balaban J connectivity index is 2.33. The lowest BCUT2D eigenvalue weighted by atomic mass is 9.77. The SMILES string of the molecule is CCC(C)(CC)c1cc2oc3cc(C(C)C)c(OC)cc3c2cc1OC. The van der Waals surface area contributed by atoms with Gasteiger partial charge in [0.1, 0.15) is 22.7 Å². The van der Waals surface area contributed by atoms with Crippen LogP contribution in [0, 0.1) is 0 Å². The van der Waals surface area contributed by atoms with Crippen LogP contribution < -0.4 is 9.47 Å². The summed E-state index contributed by atoms with van der Waals surface area (Å²) < 4.78 is 17.7. The van der Waals surface area contributed by atoms with Crippen molar-refractivity contribution in [3.05, 3.63) is 35.4 Å². The van der Waals surface area contributed by atoms with Crippen LogP contribution in [0.4, 0.5) is 0 Å². The summed E-state index contributed by atoms with van der Waals surface area (Å²) in [6.07, 6.45) is 2.10. The molecule has 3 heteroatoms. The largest absolute Gasteiger partial charge is 0.496 e. The van der Waals surface area contributed by atoms with Crippen molar-refractivity contribution in [3.63, 3.8) is 0 Å². The summed E-state index contributed by atoms with van der Waals surface area (Å²) in [5, 5.41) is 2.14. The second-order valence-electron chi connectivity index (χ2n) is 7.66. The Kier molecular flexibility index (Phi) is 4.92. The zero-order valence-electron chi connectivity index (χ0n) is 17.0. The highest BCUT2D eigenvalue weighted by molar-refractivity contribution is 6.06. The molecule has 1 heterocycles. The molecular formula is C23H30O3. The predicted molar refractivity (Wildman–Crippen MR) is 109 cm³/mol. The van der Waals surface area contributed by atoms with Gasteiger partial charge in [-0.15, -0.1) is 0 Å². The highest BCUT2D eigenvalue weighted by Crippen LogP contribution is 2.43. The number of hydrogen-bond acceptors (Lipinski definition) is 3. The van der Waals surface area contributed by atoms with E-state index in [4.69, 9.17) is 13.9 Å². The molecule has 0 aliphatic heterocycles. The lowest BCUT2D eigenvalue weighted by molar-refractivity contribution is 0.374. The van der Waals surface area contributed by atoms with Crippen LogP contribution in [0.5, 0.6) is 11.5 Å². The molecule has 0 aliphatic rings. The second kappa shape index (κ2) is 6.86. The van der Waals surface area contributed by atoms with Crippen LogP contribution in [0.2, 0.25) is 0 Å². The van der Waals surface area contributed by atoms with Gasteiger partial charge in [0.25, 0.3) is 0 Å². The first kappa shape index (κ1) is 18.6. The third-order valence-electron chi connectivity index (χ3n) is 5.98. The van der Waals surface area contributed by atoms with E-state index in [1.165, 1.54) is 5.56 Å². The minimum absolute atomic E-state index is 0.0687. The number of hydrogen-bond donors (Lipinski definition) is 0. The molecule has 140 valence electrons. The summed E-state index contributed by atoms with van der Waals surface area (Å²) in [6.45, 7) is 11.1. The molecule has 0 amide bonds. The molecule has 0 bridgehead atoms. The third-order valence-corrected chi connectivity index (χ3v) is 5.98. The van der Waals surface area contributed by atoms with Crippen molar-refractivity contribution in [2.75, 3.05) is 14.2 Å². The maximum atomic E-state index is 6.26. The van der Waals surface area contributed by atoms with Gasteiger partial charge in [0.15, 0.2) is 0 Å². The maximum Gasteiger partial charge on any atom is 0.135 e.